The van der Waals surface area contributed by atoms with Gasteiger partial charge in [-0.1, -0.05) is 29.8 Å². The number of aromatic nitrogens is 1. The summed E-state index contributed by atoms with van der Waals surface area (Å²) < 4.78 is 58.9. The Morgan fingerprint density at radius 3 is 2.51 bits per heavy atom. The molecular weight excluding hydrogens is 547 g/mol. The van der Waals surface area contributed by atoms with Gasteiger partial charge < -0.3 is 15.0 Å². The maximum absolute atomic E-state index is 13.0. The summed E-state index contributed by atoms with van der Waals surface area (Å²) in [7, 11) is -4.00. The second-order valence-corrected chi connectivity index (χ2v) is 10.7. The molecule has 0 bridgehead atoms. The molecule has 0 aliphatic carbocycles. The average Bonchev–Trinajstić information content (AvgIpc) is 3.13. The molecule has 7 nitrogen and oxygen atoms in total. The Balaban J connectivity index is 1.49. The lowest BCUT2D eigenvalue weighted by atomic mass is 10.1. The summed E-state index contributed by atoms with van der Waals surface area (Å²) in [5.41, 5.74) is -1.18. The summed E-state index contributed by atoms with van der Waals surface area (Å²) in [5.74, 6) is -0.681. The second-order valence-electron chi connectivity index (χ2n) is 8.09. The molecule has 1 aromatic heterocycles. The van der Waals surface area contributed by atoms with E-state index in [0.29, 0.717) is 16.6 Å². The summed E-state index contributed by atoms with van der Waals surface area (Å²) in [6, 6.07) is 16.9. The standard InChI is InChI=1S/C25H21Cl2F2N3O4S/c1-15-19(20-13-17(36-25(27,28)29)7-10-23(20)31-15)11-12-30-37(34,35)18-8-9-22(26)21(14-18)24(33)32-16-5-3-2-4-6-16/h2-10,13-14,30-31H,11-12H2,1H3,(H,32,33). The Labute approximate surface area is 221 Å². The van der Waals surface area contributed by atoms with Crippen LogP contribution in [0.2, 0.25) is 5.02 Å². The Bertz CT molecular complexity index is 1560. The summed E-state index contributed by atoms with van der Waals surface area (Å²) in [4.78, 5) is 15.7. The molecule has 0 spiro atoms. The maximum atomic E-state index is 13.0. The quantitative estimate of drug-likeness (QED) is 0.214. The molecule has 0 saturated carbocycles. The van der Waals surface area contributed by atoms with Crippen LogP contribution < -0.4 is 14.8 Å². The molecule has 3 aromatic carbocycles. The number of halogens is 4. The third-order valence-electron chi connectivity index (χ3n) is 5.52. The van der Waals surface area contributed by atoms with Gasteiger partial charge in [-0.05, 0) is 67.4 Å². The minimum atomic E-state index is -4.00. The predicted octanol–water partition coefficient (Wildman–Crippen LogP) is 6.07. The number of anilines is 1. The topological polar surface area (TPSA) is 100 Å². The highest BCUT2D eigenvalue weighted by Crippen LogP contribution is 2.31. The van der Waals surface area contributed by atoms with Crippen molar-refractivity contribution in [1.29, 1.82) is 0 Å². The van der Waals surface area contributed by atoms with Crippen molar-refractivity contribution in [3.63, 3.8) is 0 Å². The van der Waals surface area contributed by atoms with E-state index in [2.05, 4.69) is 19.8 Å². The molecule has 194 valence electrons. The van der Waals surface area contributed by atoms with Crippen molar-refractivity contribution in [1.82, 2.24) is 9.71 Å². The molecule has 0 aliphatic heterocycles. The van der Waals surface area contributed by atoms with E-state index in [-0.39, 0.29) is 34.2 Å². The minimum Gasteiger partial charge on any atom is -0.420 e. The predicted molar refractivity (Wildman–Crippen MR) is 139 cm³/mol. The molecule has 0 radical (unpaired) electrons. The number of carbonyl (C=O) groups excluding carboxylic acids is 1. The van der Waals surface area contributed by atoms with Crippen molar-refractivity contribution in [2.45, 2.75) is 23.8 Å². The van der Waals surface area contributed by atoms with E-state index >= 15 is 0 Å². The smallest absolute Gasteiger partial charge is 0.420 e. The van der Waals surface area contributed by atoms with Crippen LogP contribution in [0.1, 0.15) is 21.6 Å². The van der Waals surface area contributed by atoms with Gasteiger partial charge in [0.2, 0.25) is 10.0 Å². The maximum Gasteiger partial charge on any atom is 0.487 e. The molecule has 0 aliphatic rings. The molecule has 1 heterocycles. The van der Waals surface area contributed by atoms with Crippen LogP contribution in [0.4, 0.5) is 14.5 Å². The van der Waals surface area contributed by atoms with Gasteiger partial charge in [-0.15, -0.1) is 8.78 Å². The number of sulfonamides is 1. The number of rotatable bonds is 9. The van der Waals surface area contributed by atoms with Crippen LogP contribution in [0.5, 0.6) is 5.75 Å². The molecular formula is C25H21Cl2F2N3O4S. The number of fused-ring (bicyclic) bond motifs is 1. The number of aryl methyl sites for hydroxylation is 1. The van der Waals surface area contributed by atoms with Crippen molar-refractivity contribution in [2.75, 3.05) is 11.9 Å². The zero-order valence-electron chi connectivity index (χ0n) is 19.3. The Kier molecular flexibility index (Phi) is 7.75. The third-order valence-corrected chi connectivity index (χ3v) is 7.38. The van der Waals surface area contributed by atoms with E-state index < -0.39 is 21.5 Å². The molecule has 12 heteroatoms. The van der Waals surface area contributed by atoms with Crippen LogP contribution in [0, 0.1) is 6.92 Å². The number of para-hydroxylation sites is 1. The average molecular weight is 568 g/mol. The number of carbonyl (C=O) groups is 1. The molecule has 4 aromatic rings. The first kappa shape index (κ1) is 26.9. The van der Waals surface area contributed by atoms with E-state index in [1.165, 1.54) is 30.3 Å². The van der Waals surface area contributed by atoms with E-state index in [4.69, 9.17) is 23.2 Å². The number of alkyl halides is 3. The highest BCUT2D eigenvalue weighted by molar-refractivity contribution is 7.89. The summed E-state index contributed by atoms with van der Waals surface area (Å²) in [6.45, 7) is 1.79. The zero-order valence-corrected chi connectivity index (χ0v) is 21.6. The number of hydrogen-bond acceptors (Lipinski definition) is 4. The van der Waals surface area contributed by atoms with Gasteiger partial charge in [0.15, 0.2) is 0 Å². The Morgan fingerprint density at radius 1 is 1.08 bits per heavy atom. The van der Waals surface area contributed by atoms with Gasteiger partial charge in [0.1, 0.15) is 5.75 Å². The second kappa shape index (κ2) is 10.7. The number of H-pyrrole nitrogens is 1. The summed E-state index contributed by atoms with van der Waals surface area (Å²) >= 11 is 11.0. The molecule has 37 heavy (non-hydrogen) atoms. The highest BCUT2D eigenvalue weighted by atomic mass is 35.5. The number of ether oxygens (including phenoxy) is 1. The number of nitrogens with one attached hydrogen (secondary N) is 3. The fourth-order valence-electron chi connectivity index (χ4n) is 3.84. The van der Waals surface area contributed by atoms with Gasteiger partial charge in [-0.25, -0.2) is 13.1 Å². The first-order valence-electron chi connectivity index (χ1n) is 11.0. The van der Waals surface area contributed by atoms with Crippen LogP contribution >= 0.6 is 23.2 Å². The first-order valence-corrected chi connectivity index (χ1v) is 13.2. The molecule has 0 atom stereocenters. The molecule has 4 rings (SSSR count). The lowest BCUT2D eigenvalue weighted by molar-refractivity contribution is -0.0964. The monoisotopic (exact) mass is 567 g/mol. The first-order chi connectivity index (χ1) is 17.4. The van der Waals surface area contributed by atoms with Crippen molar-refractivity contribution in [3.8, 4) is 5.75 Å². The number of aromatic amines is 1. The third kappa shape index (κ3) is 6.58. The zero-order chi connectivity index (χ0) is 26.8. The number of benzene rings is 3. The van der Waals surface area contributed by atoms with Crippen molar-refractivity contribution in [2.24, 2.45) is 0 Å². The van der Waals surface area contributed by atoms with Crippen LogP contribution in [0.15, 0.2) is 71.6 Å². The Morgan fingerprint density at radius 2 is 1.81 bits per heavy atom. The van der Waals surface area contributed by atoms with Gasteiger partial charge in [0, 0.05) is 40.4 Å². The minimum absolute atomic E-state index is 0.00104. The molecule has 0 unspecified atom stereocenters. The summed E-state index contributed by atoms with van der Waals surface area (Å²) in [5, 5.41) is 3.37. The van der Waals surface area contributed by atoms with Crippen molar-refractivity contribution >= 4 is 55.7 Å². The van der Waals surface area contributed by atoms with Crippen LogP contribution in [-0.2, 0) is 16.4 Å². The van der Waals surface area contributed by atoms with Gasteiger partial charge in [0.25, 0.3) is 5.91 Å². The normalized spacial score (nSPS) is 12.0. The van der Waals surface area contributed by atoms with Crippen LogP contribution in [-0.4, -0.2) is 31.4 Å². The van der Waals surface area contributed by atoms with Crippen LogP contribution in [0.25, 0.3) is 10.9 Å². The van der Waals surface area contributed by atoms with Gasteiger partial charge in [-0.2, -0.15) is 0 Å². The fourth-order valence-corrected chi connectivity index (χ4v) is 5.19. The van der Waals surface area contributed by atoms with Crippen molar-refractivity contribution < 1.29 is 26.7 Å². The summed E-state index contributed by atoms with van der Waals surface area (Å²) in [6.07, 6.45) is 0.251. The fraction of sp³-hybridized carbons (Fsp3) is 0.160. The highest BCUT2D eigenvalue weighted by Gasteiger charge is 2.28. The SMILES string of the molecule is Cc1[nH]c2ccc(OC(F)(F)Cl)cc2c1CCNS(=O)(=O)c1ccc(Cl)c(C(=O)Nc2ccccc2)c1. The van der Waals surface area contributed by atoms with E-state index in [0.717, 1.165) is 11.3 Å². The number of amides is 1. The lowest BCUT2D eigenvalue weighted by Crippen LogP contribution is -2.26. The molecule has 0 saturated heterocycles. The van der Waals surface area contributed by atoms with E-state index in [1.54, 1.807) is 43.3 Å². The Hall–Kier alpha value is -3.18. The van der Waals surface area contributed by atoms with E-state index in [9.17, 15) is 22.0 Å². The van der Waals surface area contributed by atoms with E-state index in [1.807, 2.05) is 0 Å². The van der Waals surface area contributed by atoms with Crippen LogP contribution in [0.3, 0.4) is 0 Å². The molecule has 3 N–H and O–H groups in total. The molecule has 0 fully saturated rings. The lowest BCUT2D eigenvalue weighted by Gasteiger charge is -2.11. The van der Waals surface area contributed by atoms with Gasteiger partial charge >= 0.3 is 5.57 Å². The largest absolute Gasteiger partial charge is 0.487 e. The van der Waals surface area contributed by atoms with Gasteiger partial charge in [-0.3, -0.25) is 4.79 Å². The number of hydrogen-bond donors (Lipinski definition) is 3. The van der Waals surface area contributed by atoms with Crippen molar-refractivity contribution in [3.05, 3.63) is 88.6 Å². The molecule has 1 amide bonds. The van der Waals surface area contributed by atoms with Gasteiger partial charge in [0.05, 0.1) is 15.5 Å².